The molecule has 2 amide bonds. The molecule has 0 aliphatic heterocycles. The quantitative estimate of drug-likeness (QED) is 0.859. The van der Waals surface area contributed by atoms with Crippen LogP contribution in [0.5, 0.6) is 0 Å². The maximum Gasteiger partial charge on any atom is 0.322 e. The summed E-state index contributed by atoms with van der Waals surface area (Å²) in [6.45, 7) is 6.87. The number of rotatable bonds is 5. The molecule has 0 saturated carbocycles. The van der Waals surface area contributed by atoms with Crippen LogP contribution >= 0.6 is 0 Å². The van der Waals surface area contributed by atoms with Gasteiger partial charge in [-0.2, -0.15) is 0 Å². The second kappa shape index (κ2) is 6.27. The molecule has 1 rings (SSSR count). The van der Waals surface area contributed by atoms with Crippen molar-refractivity contribution in [1.29, 1.82) is 0 Å². The summed E-state index contributed by atoms with van der Waals surface area (Å²) in [4.78, 5) is 13.4. The van der Waals surface area contributed by atoms with Gasteiger partial charge in [0.2, 0.25) is 0 Å². The van der Waals surface area contributed by atoms with Crippen LogP contribution in [0.3, 0.4) is 0 Å². The molecular formula is C12H21N3O2. The van der Waals surface area contributed by atoms with Crippen LogP contribution in [-0.4, -0.2) is 29.7 Å². The van der Waals surface area contributed by atoms with E-state index in [4.69, 9.17) is 4.52 Å². The number of hydrogen-bond donors (Lipinski definition) is 1. The summed E-state index contributed by atoms with van der Waals surface area (Å²) in [6, 6.07) is 1.61. The van der Waals surface area contributed by atoms with Crippen molar-refractivity contribution >= 4 is 11.8 Å². The Morgan fingerprint density at radius 1 is 1.59 bits per heavy atom. The summed E-state index contributed by atoms with van der Waals surface area (Å²) in [7, 11) is 1.77. The lowest BCUT2D eigenvalue weighted by atomic mass is 10.2. The lowest BCUT2D eigenvalue weighted by molar-refractivity contribution is 0.221. The summed E-state index contributed by atoms with van der Waals surface area (Å²) in [6.07, 6.45) is 2.07. The molecular weight excluding hydrogens is 218 g/mol. The fourth-order valence-electron chi connectivity index (χ4n) is 1.32. The Balaban J connectivity index is 2.49. The fraction of sp³-hybridized carbons (Fsp3) is 0.667. The number of carbonyl (C=O) groups is 1. The van der Waals surface area contributed by atoms with Gasteiger partial charge in [-0.3, -0.25) is 5.32 Å². The highest BCUT2D eigenvalue weighted by Crippen LogP contribution is 2.17. The predicted molar refractivity (Wildman–Crippen MR) is 67.1 cm³/mol. The van der Waals surface area contributed by atoms with Gasteiger partial charge in [0, 0.05) is 25.6 Å². The van der Waals surface area contributed by atoms with Crippen molar-refractivity contribution in [3.63, 3.8) is 0 Å². The molecule has 0 unspecified atom stereocenters. The van der Waals surface area contributed by atoms with Crippen LogP contribution in [0.25, 0.3) is 0 Å². The van der Waals surface area contributed by atoms with Crippen molar-refractivity contribution < 1.29 is 9.32 Å². The van der Waals surface area contributed by atoms with Gasteiger partial charge in [-0.1, -0.05) is 32.3 Å². The Labute approximate surface area is 102 Å². The van der Waals surface area contributed by atoms with E-state index >= 15 is 0 Å². The average molecular weight is 239 g/mol. The van der Waals surface area contributed by atoms with E-state index in [1.165, 1.54) is 0 Å². The molecule has 5 heteroatoms. The second-order valence-electron chi connectivity index (χ2n) is 4.47. The smallest absolute Gasteiger partial charge is 0.322 e. The topological polar surface area (TPSA) is 58.4 Å². The zero-order valence-electron chi connectivity index (χ0n) is 11.0. The summed E-state index contributed by atoms with van der Waals surface area (Å²) in [5.41, 5.74) is 0. The highest BCUT2D eigenvalue weighted by atomic mass is 16.5. The highest BCUT2D eigenvalue weighted by molar-refractivity contribution is 5.88. The zero-order chi connectivity index (χ0) is 12.8. The van der Waals surface area contributed by atoms with Crippen LogP contribution in [0.4, 0.5) is 10.6 Å². The molecule has 96 valence electrons. The van der Waals surface area contributed by atoms with Crippen molar-refractivity contribution in [3.05, 3.63) is 11.8 Å². The number of aromatic nitrogens is 1. The van der Waals surface area contributed by atoms with Gasteiger partial charge < -0.3 is 9.42 Å². The Morgan fingerprint density at radius 2 is 2.29 bits per heavy atom. The molecule has 0 saturated heterocycles. The summed E-state index contributed by atoms with van der Waals surface area (Å²) in [5, 5.41) is 6.51. The molecule has 1 heterocycles. The lowest BCUT2D eigenvalue weighted by Gasteiger charge is -2.16. The van der Waals surface area contributed by atoms with Gasteiger partial charge >= 0.3 is 6.03 Å². The van der Waals surface area contributed by atoms with Crippen LogP contribution < -0.4 is 5.32 Å². The van der Waals surface area contributed by atoms with Crippen molar-refractivity contribution in [3.8, 4) is 0 Å². The third kappa shape index (κ3) is 4.09. The maximum absolute atomic E-state index is 11.7. The SMILES string of the molecule is CCCCN(C)C(=O)Nc1cc(C(C)C)on1. The van der Waals surface area contributed by atoms with Crippen molar-refractivity contribution in [2.75, 3.05) is 18.9 Å². The van der Waals surface area contributed by atoms with E-state index in [9.17, 15) is 4.79 Å². The summed E-state index contributed by atoms with van der Waals surface area (Å²) in [5.74, 6) is 1.52. The Bertz CT molecular complexity index is 360. The molecule has 0 radical (unpaired) electrons. The zero-order valence-corrected chi connectivity index (χ0v) is 11.0. The van der Waals surface area contributed by atoms with Gasteiger partial charge in [-0.15, -0.1) is 0 Å². The Morgan fingerprint density at radius 3 is 2.82 bits per heavy atom. The van der Waals surface area contributed by atoms with E-state index in [1.54, 1.807) is 18.0 Å². The third-order valence-corrected chi connectivity index (χ3v) is 2.53. The van der Waals surface area contributed by atoms with Crippen LogP contribution in [-0.2, 0) is 0 Å². The largest absolute Gasteiger partial charge is 0.359 e. The van der Waals surface area contributed by atoms with E-state index in [-0.39, 0.29) is 11.9 Å². The van der Waals surface area contributed by atoms with Crippen LogP contribution in [0, 0.1) is 0 Å². The predicted octanol–water partition coefficient (Wildman–Crippen LogP) is 3.06. The van der Waals surface area contributed by atoms with Crippen LogP contribution in [0.1, 0.15) is 45.3 Å². The summed E-state index contributed by atoms with van der Waals surface area (Å²) >= 11 is 0. The minimum absolute atomic E-state index is 0.151. The lowest BCUT2D eigenvalue weighted by Crippen LogP contribution is -2.32. The van der Waals surface area contributed by atoms with E-state index < -0.39 is 0 Å². The molecule has 0 aliphatic rings. The minimum Gasteiger partial charge on any atom is -0.359 e. The van der Waals surface area contributed by atoms with Gasteiger partial charge in [-0.05, 0) is 6.42 Å². The molecule has 5 nitrogen and oxygen atoms in total. The molecule has 0 spiro atoms. The highest BCUT2D eigenvalue weighted by Gasteiger charge is 2.12. The Kier molecular flexibility index (Phi) is 5.00. The van der Waals surface area contributed by atoms with Gasteiger partial charge in [-0.25, -0.2) is 4.79 Å². The molecule has 0 aliphatic carbocycles. The monoisotopic (exact) mass is 239 g/mol. The minimum atomic E-state index is -0.151. The molecule has 1 N–H and O–H groups in total. The molecule has 0 atom stereocenters. The molecule has 17 heavy (non-hydrogen) atoms. The van der Waals surface area contributed by atoms with E-state index in [1.807, 2.05) is 13.8 Å². The van der Waals surface area contributed by atoms with Crippen LogP contribution in [0.15, 0.2) is 10.6 Å². The molecule has 0 bridgehead atoms. The first-order valence-electron chi connectivity index (χ1n) is 6.03. The first-order chi connectivity index (χ1) is 8.04. The van der Waals surface area contributed by atoms with Crippen molar-refractivity contribution in [2.24, 2.45) is 0 Å². The normalized spacial score (nSPS) is 10.6. The third-order valence-electron chi connectivity index (χ3n) is 2.53. The fourth-order valence-corrected chi connectivity index (χ4v) is 1.32. The van der Waals surface area contributed by atoms with E-state index in [0.717, 1.165) is 25.1 Å². The number of unbranched alkanes of at least 4 members (excludes halogenated alkanes) is 1. The molecule has 0 fully saturated rings. The first kappa shape index (κ1) is 13.5. The average Bonchev–Trinajstić information content (AvgIpc) is 2.74. The molecule has 1 aromatic heterocycles. The maximum atomic E-state index is 11.7. The number of amides is 2. The standard InChI is InChI=1S/C12H21N3O2/c1-5-6-7-15(4)12(16)13-11-8-10(9(2)3)17-14-11/h8-9H,5-7H2,1-4H3,(H,13,14,16). The Hall–Kier alpha value is -1.52. The number of nitrogens with zero attached hydrogens (tertiary/aromatic N) is 2. The van der Waals surface area contributed by atoms with Gasteiger partial charge in [0.05, 0.1) is 0 Å². The van der Waals surface area contributed by atoms with Gasteiger partial charge in [0.25, 0.3) is 0 Å². The summed E-state index contributed by atoms with van der Waals surface area (Å²) < 4.78 is 5.10. The van der Waals surface area contributed by atoms with Crippen molar-refractivity contribution in [1.82, 2.24) is 10.1 Å². The first-order valence-corrected chi connectivity index (χ1v) is 6.03. The molecule has 0 aromatic carbocycles. The van der Waals surface area contributed by atoms with Gasteiger partial charge in [0.15, 0.2) is 5.82 Å². The molecule has 1 aromatic rings. The van der Waals surface area contributed by atoms with Crippen molar-refractivity contribution in [2.45, 2.75) is 39.5 Å². The number of carbonyl (C=O) groups excluding carboxylic acids is 1. The van der Waals surface area contributed by atoms with Gasteiger partial charge in [0.1, 0.15) is 5.76 Å². The number of nitrogens with one attached hydrogen (secondary N) is 1. The van der Waals surface area contributed by atoms with E-state index in [2.05, 4.69) is 17.4 Å². The number of urea groups is 1. The van der Waals surface area contributed by atoms with E-state index in [0.29, 0.717) is 5.82 Å². The number of anilines is 1. The second-order valence-corrected chi connectivity index (χ2v) is 4.47. The van der Waals surface area contributed by atoms with Crippen LogP contribution in [0.2, 0.25) is 0 Å². The number of hydrogen-bond acceptors (Lipinski definition) is 3.